The van der Waals surface area contributed by atoms with E-state index in [4.69, 9.17) is 4.74 Å². The lowest BCUT2D eigenvalue weighted by Gasteiger charge is -2.08. The molecule has 0 atom stereocenters. The molecule has 1 aromatic heterocycles. The van der Waals surface area contributed by atoms with Crippen LogP contribution >= 0.6 is 0 Å². The molecule has 0 aliphatic carbocycles. The van der Waals surface area contributed by atoms with Crippen LogP contribution in [0.2, 0.25) is 0 Å². The van der Waals surface area contributed by atoms with Gasteiger partial charge < -0.3 is 10.1 Å². The van der Waals surface area contributed by atoms with Crippen molar-refractivity contribution in [2.75, 3.05) is 12.4 Å². The zero-order valence-electron chi connectivity index (χ0n) is 11.9. The van der Waals surface area contributed by atoms with Crippen LogP contribution in [0.25, 0.3) is 0 Å². The third kappa shape index (κ3) is 3.44. The Morgan fingerprint density at radius 2 is 1.90 bits per heavy atom. The number of aryl methyl sites for hydroxylation is 1. The maximum atomic E-state index is 11.1. The standard InChI is InChI=1S/C14H16N4O3/c1-3-10-4-6-11(7-5-10)8-15-13-12(18(19)20)14(21-2)17-9-16-13/h4-7,9H,3,8H2,1-2H3,(H,15,16,17). The SMILES string of the molecule is CCc1ccc(CNc2ncnc(OC)c2[N+](=O)[O-])cc1. The number of nitrogens with one attached hydrogen (secondary N) is 1. The van der Waals surface area contributed by atoms with E-state index >= 15 is 0 Å². The van der Waals surface area contributed by atoms with Crippen molar-refractivity contribution in [2.45, 2.75) is 19.9 Å². The number of aromatic nitrogens is 2. The van der Waals surface area contributed by atoms with Crippen LogP contribution in [0.4, 0.5) is 11.5 Å². The second-order valence-electron chi connectivity index (χ2n) is 4.36. The zero-order valence-corrected chi connectivity index (χ0v) is 11.9. The molecule has 21 heavy (non-hydrogen) atoms. The molecule has 0 aliphatic heterocycles. The molecule has 2 rings (SSSR count). The fourth-order valence-corrected chi connectivity index (χ4v) is 1.88. The zero-order chi connectivity index (χ0) is 15.2. The molecule has 0 saturated heterocycles. The van der Waals surface area contributed by atoms with E-state index in [1.54, 1.807) is 0 Å². The van der Waals surface area contributed by atoms with Crippen molar-refractivity contribution in [3.63, 3.8) is 0 Å². The van der Waals surface area contributed by atoms with Gasteiger partial charge in [-0.05, 0) is 17.5 Å². The van der Waals surface area contributed by atoms with Crippen molar-refractivity contribution in [2.24, 2.45) is 0 Å². The van der Waals surface area contributed by atoms with Crippen LogP contribution < -0.4 is 10.1 Å². The van der Waals surface area contributed by atoms with Crippen LogP contribution in [0.1, 0.15) is 18.1 Å². The van der Waals surface area contributed by atoms with Crippen LogP contribution in [0.5, 0.6) is 5.88 Å². The first kappa shape index (κ1) is 14.7. The molecule has 1 heterocycles. The van der Waals surface area contributed by atoms with Crippen molar-refractivity contribution in [3.05, 3.63) is 51.8 Å². The molecule has 0 aliphatic rings. The first-order valence-corrected chi connectivity index (χ1v) is 6.50. The summed E-state index contributed by atoms with van der Waals surface area (Å²) in [4.78, 5) is 18.2. The highest BCUT2D eigenvalue weighted by molar-refractivity contribution is 5.61. The lowest BCUT2D eigenvalue weighted by Crippen LogP contribution is -2.07. The highest BCUT2D eigenvalue weighted by Crippen LogP contribution is 2.30. The number of hydrogen-bond donors (Lipinski definition) is 1. The molecule has 0 unspecified atom stereocenters. The van der Waals surface area contributed by atoms with Gasteiger partial charge in [0.05, 0.1) is 12.0 Å². The number of ether oxygens (including phenoxy) is 1. The molecular weight excluding hydrogens is 272 g/mol. The van der Waals surface area contributed by atoms with E-state index in [1.165, 1.54) is 19.0 Å². The number of methoxy groups -OCH3 is 1. The van der Waals surface area contributed by atoms with E-state index < -0.39 is 4.92 Å². The molecule has 110 valence electrons. The molecule has 2 aromatic rings. The summed E-state index contributed by atoms with van der Waals surface area (Å²) in [6.45, 7) is 2.52. The van der Waals surface area contributed by atoms with Crippen LogP contribution in [-0.4, -0.2) is 22.0 Å². The monoisotopic (exact) mass is 288 g/mol. The summed E-state index contributed by atoms with van der Waals surface area (Å²) in [5, 5.41) is 14.1. The summed E-state index contributed by atoms with van der Waals surface area (Å²) >= 11 is 0. The Morgan fingerprint density at radius 3 is 2.48 bits per heavy atom. The van der Waals surface area contributed by atoms with Crippen LogP contribution in [0.3, 0.4) is 0 Å². The smallest absolute Gasteiger partial charge is 0.372 e. The maximum Gasteiger partial charge on any atom is 0.372 e. The Hall–Kier alpha value is -2.70. The average Bonchev–Trinajstić information content (AvgIpc) is 2.52. The average molecular weight is 288 g/mol. The summed E-state index contributed by atoms with van der Waals surface area (Å²) in [6.07, 6.45) is 2.20. The van der Waals surface area contributed by atoms with Gasteiger partial charge in [-0.3, -0.25) is 10.1 Å². The summed E-state index contributed by atoms with van der Waals surface area (Å²) < 4.78 is 4.90. The van der Waals surface area contributed by atoms with Gasteiger partial charge in [-0.25, -0.2) is 4.98 Å². The van der Waals surface area contributed by atoms with Gasteiger partial charge in [-0.2, -0.15) is 4.98 Å². The molecule has 0 bridgehead atoms. The largest absolute Gasteiger partial charge is 0.476 e. The van der Waals surface area contributed by atoms with Crippen molar-refractivity contribution in [1.82, 2.24) is 9.97 Å². The fraction of sp³-hybridized carbons (Fsp3) is 0.286. The summed E-state index contributed by atoms with van der Waals surface area (Å²) in [7, 11) is 1.34. The van der Waals surface area contributed by atoms with Crippen molar-refractivity contribution in [3.8, 4) is 5.88 Å². The van der Waals surface area contributed by atoms with Crippen LogP contribution in [-0.2, 0) is 13.0 Å². The molecule has 0 radical (unpaired) electrons. The molecule has 0 amide bonds. The van der Waals surface area contributed by atoms with Gasteiger partial charge in [0.15, 0.2) is 0 Å². The third-order valence-corrected chi connectivity index (χ3v) is 3.06. The van der Waals surface area contributed by atoms with Gasteiger partial charge in [0, 0.05) is 6.54 Å². The van der Waals surface area contributed by atoms with Gasteiger partial charge in [0.1, 0.15) is 6.33 Å². The topological polar surface area (TPSA) is 90.2 Å². The Morgan fingerprint density at radius 1 is 1.24 bits per heavy atom. The molecule has 0 fully saturated rings. The minimum Gasteiger partial charge on any atom is -0.476 e. The van der Waals surface area contributed by atoms with E-state index in [1.807, 2.05) is 24.3 Å². The second kappa shape index (κ2) is 6.65. The number of rotatable bonds is 6. The number of hydrogen-bond acceptors (Lipinski definition) is 6. The first-order chi connectivity index (χ1) is 10.2. The fourth-order valence-electron chi connectivity index (χ4n) is 1.88. The van der Waals surface area contributed by atoms with Gasteiger partial charge in [-0.15, -0.1) is 0 Å². The summed E-state index contributed by atoms with van der Waals surface area (Å²) in [5.74, 6) is 0.0882. The van der Waals surface area contributed by atoms with Gasteiger partial charge >= 0.3 is 5.69 Å². The quantitative estimate of drug-likeness (QED) is 0.649. The van der Waals surface area contributed by atoms with Gasteiger partial charge in [0.25, 0.3) is 5.88 Å². The minimum absolute atomic E-state index is 0.0566. The first-order valence-electron chi connectivity index (χ1n) is 6.50. The van der Waals surface area contributed by atoms with Crippen molar-refractivity contribution in [1.29, 1.82) is 0 Å². The van der Waals surface area contributed by atoms with Gasteiger partial charge in [-0.1, -0.05) is 31.2 Å². The van der Waals surface area contributed by atoms with E-state index in [-0.39, 0.29) is 17.4 Å². The van der Waals surface area contributed by atoms with E-state index in [0.717, 1.165) is 12.0 Å². The maximum absolute atomic E-state index is 11.1. The van der Waals surface area contributed by atoms with E-state index in [9.17, 15) is 10.1 Å². The Bertz CT molecular complexity index is 629. The predicted octanol–water partition coefficient (Wildman–Crippen LogP) is 2.57. The van der Waals surface area contributed by atoms with E-state index in [0.29, 0.717) is 6.54 Å². The minimum atomic E-state index is -0.554. The second-order valence-corrected chi connectivity index (χ2v) is 4.36. The Kier molecular flexibility index (Phi) is 4.65. The molecule has 7 nitrogen and oxygen atoms in total. The Balaban J connectivity index is 2.17. The number of anilines is 1. The summed E-state index contributed by atoms with van der Waals surface area (Å²) in [6, 6.07) is 8.03. The van der Waals surface area contributed by atoms with Crippen molar-refractivity contribution < 1.29 is 9.66 Å². The van der Waals surface area contributed by atoms with Crippen LogP contribution in [0, 0.1) is 10.1 Å². The molecule has 1 N–H and O–H groups in total. The normalized spacial score (nSPS) is 10.2. The molecule has 0 spiro atoms. The summed E-state index contributed by atoms with van der Waals surface area (Å²) in [5.41, 5.74) is 2.00. The number of nitrogens with zero attached hydrogens (tertiary/aromatic N) is 3. The number of benzene rings is 1. The predicted molar refractivity (Wildman–Crippen MR) is 78.4 cm³/mol. The molecule has 1 aromatic carbocycles. The molecule has 0 saturated carbocycles. The molecule has 7 heteroatoms. The number of nitro groups is 1. The van der Waals surface area contributed by atoms with E-state index in [2.05, 4.69) is 22.2 Å². The van der Waals surface area contributed by atoms with Crippen molar-refractivity contribution >= 4 is 11.5 Å². The highest BCUT2D eigenvalue weighted by Gasteiger charge is 2.23. The third-order valence-electron chi connectivity index (χ3n) is 3.06. The van der Waals surface area contributed by atoms with Crippen LogP contribution in [0.15, 0.2) is 30.6 Å². The lowest BCUT2D eigenvalue weighted by atomic mass is 10.1. The Labute approximate surface area is 122 Å². The van der Waals surface area contributed by atoms with Gasteiger partial charge in [0.2, 0.25) is 5.82 Å². The lowest BCUT2D eigenvalue weighted by molar-refractivity contribution is -0.385. The highest BCUT2D eigenvalue weighted by atomic mass is 16.6. The molecular formula is C14H16N4O3.